The van der Waals surface area contributed by atoms with Crippen LogP contribution < -0.4 is 11.1 Å². The zero-order chi connectivity index (χ0) is 13.4. The van der Waals surface area contributed by atoms with Crippen LogP contribution in [0.5, 0.6) is 0 Å². The molecule has 0 aliphatic carbocycles. The van der Waals surface area contributed by atoms with E-state index < -0.39 is 0 Å². The highest BCUT2D eigenvalue weighted by atomic mass is 16.2. The summed E-state index contributed by atoms with van der Waals surface area (Å²) in [4.78, 5) is 16.2. The van der Waals surface area contributed by atoms with Crippen LogP contribution in [0.4, 0.5) is 0 Å². The molecule has 0 radical (unpaired) electrons. The van der Waals surface area contributed by atoms with Crippen LogP contribution in [0.15, 0.2) is 0 Å². The standard InChI is InChI=1S/C13H28N4O/c1-3-5-12(10-14)17-8-6-16(7-9-17)11-13(18)15-4-2/h12H,3-11,14H2,1-2H3,(H,15,18). The van der Waals surface area contributed by atoms with Crippen LogP contribution in [0, 0.1) is 0 Å². The van der Waals surface area contributed by atoms with Gasteiger partial charge in [0, 0.05) is 45.3 Å². The molecule has 1 aliphatic heterocycles. The minimum absolute atomic E-state index is 0.134. The molecule has 0 bridgehead atoms. The lowest BCUT2D eigenvalue weighted by molar-refractivity contribution is -0.122. The van der Waals surface area contributed by atoms with Crippen molar-refractivity contribution in [2.75, 3.05) is 45.8 Å². The van der Waals surface area contributed by atoms with Gasteiger partial charge in [0.15, 0.2) is 0 Å². The number of piperazine rings is 1. The van der Waals surface area contributed by atoms with Crippen molar-refractivity contribution in [3.63, 3.8) is 0 Å². The maximum atomic E-state index is 11.5. The third kappa shape index (κ3) is 4.92. The number of likely N-dealkylation sites (N-methyl/N-ethyl adjacent to an activating group) is 1. The molecular formula is C13H28N4O. The van der Waals surface area contributed by atoms with Crippen molar-refractivity contribution in [2.45, 2.75) is 32.7 Å². The van der Waals surface area contributed by atoms with E-state index in [4.69, 9.17) is 5.73 Å². The normalized spacial score (nSPS) is 19.7. The number of nitrogens with zero attached hydrogens (tertiary/aromatic N) is 2. The number of rotatable bonds is 7. The number of amides is 1. The summed E-state index contributed by atoms with van der Waals surface area (Å²) in [6.45, 7) is 10.1. The van der Waals surface area contributed by atoms with Crippen LogP contribution in [0.1, 0.15) is 26.7 Å². The molecule has 0 saturated carbocycles. The van der Waals surface area contributed by atoms with E-state index in [2.05, 4.69) is 22.0 Å². The lowest BCUT2D eigenvalue weighted by Gasteiger charge is -2.38. The Hall–Kier alpha value is -0.650. The Bertz CT molecular complexity index is 239. The second kappa shape index (κ2) is 8.45. The van der Waals surface area contributed by atoms with Gasteiger partial charge in [0.05, 0.1) is 6.54 Å². The first-order chi connectivity index (χ1) is 8.71. The van der Waals surface area contributed by atoms with Crippen LogP contribution in [-0.4, -0.2) is 67.6 Å². The van der Waals surface area contributed by atoms with E-state index in [0.717, 1.165) is 32.7 Å². The Kier molecular flexibility index (Phi) is 7.23. The zero-order valence-electron chi connectivity index (χ0n) is 11.8. The van der Waals surface area contributed by atoms with Gasteiger partial charge in [0.25, 0.3) is 0 Å². The van der Waals surface area contributed by atoms with Crippen molar-refractivity contribution in [1.82, 2.24) is 15.1 Å². The smallest absolute Gasteiger partial charge is 0.234 e. The molecule has 0 aromatic rings. The topological polar surface area (TPSA) is 61.6 Å². The summed E-state index contributed by atoms with van der Waals surface area (Å²) in [5.41, 5.74) is 5.83. The van der Waals surface area contributed by atoms with Gasteiger partial charge < -0.3 is 11.1 Å². The van der Waals surface area contributed by atoms with Gasteiger partial charge in [0.2, 0.25) is 5.91 Å². The Morgan fingerprint density at radius 3 is 2.44 bits per heavy atom. The molecule has 3 N–H and O–H groups in total. The molecule has 1 amide bonds. The number of nitrogens with one attached hydrogen (secondary N) is 1. The third-order valence-corrected chi connectivity index (χ3v) is 3.56. The summed E-state index contributed by atoms with van der Waals surface area (Å²) < 4.78 is 0. The van der Waals surface area contributed by atoms with Gasteiger partial charge in [-0.3, -0.25) is 14.6 Å². The van der Waals surface area contributed by atoms with E-state index >= 15 is 0 Å². The molecule has 1 fully saturated rings. The molecule has 0 aromatic heterocycles. The Morgan fingerprint density at radius 2 is 1.94 bits per heavy atom. The quantitative estimate of drug-likeness (QED) is 0.666. The van der Waals surface area contributed by atoms with Gasteiger partial charge in [-0.2, -0.15) is 0 Å². The van der Waals surface area contributed by atoms with Crippen LogP contribution >= 0.6 is 0 Å². The lowest BCUT2D eigenvalue weighted by atomic mass is 10.1. The first kappa shape index (κ1) is 15.4. The predicted molar refractivity (Wildman–Crippen MR) is 74.4 cm³/mol. The fourth-order valence-corrected chi connectivity index (χ4v) is 2.53. The van der Waals surface area contributed by atoms with Crippen molar-refractivity contribution in [2.24, 2.45) is 5.73 Å². The van der Waals surface area contributed by atoms with Gasteiger partial charge in [-0.25, -0.2) is 0 Å². The molecule has 1 atom stereocenters. The highest BCUT2D eigenvalue weighted by Crippen LogP contribution is 2.10. The number of carbonyl (C=O) groups excluding carboxylic acids is 1. The Morgan fingerprint density at radius 1 is 1.28 bits per heavy atom. The maximum absolute atomic E-state index is 11.5. The van der Waals surface area contributed by atoms with E-state index in [-0.39, 0.29) is 5.91 Å². The molecule has 1 heterocycles. The van der Waals surface area contributed by atoms with Crippen molar-refractivity contribution in [3.8, 4) is 0 Å². The van der Waals surface area contributed by atoms with Crippen LogP contribution in [0.3, 0.4) is 0 Å². The number of nitrogens with two attached hydrogens (primary N) is 1. The maximum Gasteiger partial charge on any atom is 0.234 e. The van der Waals surface area contributed by atoms with Gasteiger partial charge >= 0.3 is 0 Å². The molecular weight excluding hydrogens is 228 g/mol. The van der Waals surface area contributed by atoms with Gasteiger partial charge in [-0.15, -0.1) is 0 Å². The summed E-state index contributed by atoms with van der Waals surface area (Å²) in [6.07, 6.45) is 2.35. The average molecular weight is 256 g/mol. The summed E-state index contributed by atoms with van der Waals surface area (Å²) >= 11 is 0. The lowest BCUT2D eigenvalue weighted by Crippen LogP contribution is -2.53. The predicted octanol–water partition coefficient (Wildman–Crippen LogP) is -0.132. The van der Waals surface area contributed by atoms with E-state index in [1.807, 2.05) is 6.92 Å². The highest BCUT2D eigenvalue weighted by molar-refractivity contribution is 5.77. The van der Waals surface area contributed by atoms with Crippen LogP contribution in [0.25, 0.3) is 0 Å². The SMILES string of the molecule is CCCC(CN)N1CCN(CC(=O)NCC)CC1. The van der Waals surface area contributed by atoms with E-state index in [9.17, 15) is 4.79 Å². The van der Waals surface area contributed by atoms with Gasteiger partial charge in [0.1, 0.15) is 0 Å². The molecule has 1 aliphatic rings. The first-order valence-corrected chi connectivity index (χ1v) is 7.14. The monoisotopic (exact) mass is 256 g/mol. The zero-order valence-corrected chi connectivity index (χ0v) is 11.8. The Labute approximate surface area is 111 Å². The second-order valence-electron chi connectivity index (χ2n) is 4.94. The van der Waals surface area contributed by atoms with Crippen LogP contribution in [-0.2, 0) is 4.79 Å². The van der Waals surface area contributed by atoms with Gasteiger partial charge in [-0.1, -0.05) is 13.3 Å². The summed E-state index contributed by atoms with van der Waals surface area (Å²) in [5, 5.41) is 2.84. The molecule has 1 saturated heterocycles. The molecule has 5 nitrogen and oxygen atoms in total. The summed E-state index contributed by atoms with van der Waals surface area (Å²) in [7, 11) is 0. The molecule has 18 heavy (non-hydrogen) atoms. The largest absolute Gasteiger partial charge is 0.355 e. The minimum Gasteiger partial charge on any atom is -0.355 e. The third-order valence-electron chi connectivity index (χ3n) is 3.56. The van der Waals surface area contributed by atoms with Gasteiger partial charge in [-0.05, 0) is 13.3 Å². The Balaban J connectivity index is 2.29. The average Bonchev–Trinajstić information content (AvgIpc) is 2.37. The number of hydrogen-bond donors (Lipinski definition) is 2. The highest BCUT2D eigenvalue weighted by Gasteiger charge is 2.23. The molecule has 0 spiro atoms. The first-order valence-electron chi connectivity index (χ1n) is 7.14. The molecule has 106 valence electrons. The molecule has 5 heteroatoms. The minimum atomic E-state index is 0.134. The van der Waals surface area contributed by atoms with Crippen molar-refractivity contribution >= 4 is 5.91 Å². The van der Waals surface area contributed by atoms with Crippen molar-refractivity contribution < 1.29 is 4.79 Å². The molecule has 1 rings (SSSR count). The fourth-order valence-electron chi connectivity index (χ4n) is 2.53. The molecule has 0 aromatic carbocycles. The van der Waals surface area contributed by atoms with E-state index in [0.29, 0.717) is 19.1 Å². The number of carbonyl (C=O) groups is 1. The number of hydrogen-bond acceptors (Lipinski definition) is 4. The van der Waals surface area contributed by atoms with E-state index in [1.165, 1.54) is 12.8 Å². The second-order valence-corrected chi connectivity index (χ2v) is 4.94. The summed E-state index contributed by atoms with van der Waals surface area (Å²) in [6, 6.07) is 0.515. The van der Waals surface area contributed by atoms with E-state index in [1.54, 1.807) is 0 Å². The van der Waals surface area contributed by atoms with Crippen molar-refractivity contribution in [3.05, 3.63) is 0 Å². The van der Waals surface area contributed by atoms with Crippen molar-refractivity contribution in [1.29, 1.82) is 0 Å². The fraction of sp³-hybridized carbons (Fsp3) is 0.923. The summed E-state index contributed by atoms with van der Waals surface area (Å²) in [5.74, 6) is 0.134. The molecule has 1 unspecified atom stereocenters. The van der Waals surface area contributed by atoms with Crippen LogP contribution in [0.2, 0.25) is 0 Å².